The van der Waals surface area contributed by atoms with Crippen molar-refractivity contribution in [3.8, 4) is 17.6 Å². The summed E-state index contributed by atoms with van der Waals surface area (Å²) < 4.78 is 5.33. The molecule has 0 unspecified atom stereocenters. The number of hydrogen-bond donors (Lipinski definition) is 2. The average Bonchev–Trinajstić information content (AvgIpc) is 2.86. The van der Waals surface area contributed by atoms with E-state index in [0.29, 0.717) is 24.4 Å². The Morgan fingerprint density at radius 2 is 2.12 bits per heavy atom. The van der Waals surface area contributed by atoms with Gasteiger partial charge in [-0.15, -0.1) is 0 Å². The van der Waals surface area contributed by atoms with Crippen LogP contribution >= 0.6 is 0 Å². The van der Waals surface area contributed by atoms with Crippen LogP contribution in [0.4, 0.5) is 4.79 Å². The van der Waals surface area contributed by atoms with Crippen LogP contribution in [0.25, 0.3) is 0 Å². The van der Waals surface area contributed by atoms with Gasteiger partial charge >= 0.3 is 6.09 Å². The number of carbonyl (C=O) groups is 1. The number of phenolic OH excluding ortho intramolecular Hbond substituents is 1. The summed E-state index contributed by atoms with van der Waals surface area (Å²) in [4.78, 5) is 19.1. The van der Waals surface area contributed by atoms with Crippen LogP contribution < -0.4 is 5.48 Å². The van der Waals surface area contributed by atoms with Crippen LogP contribution in [0.1, 0.15) is 26.3 Å². The molecule has 0 aromatic heterocycles. The number of amides is 1. The van der Waals surface area contributed by atoms with Crippen LogP contribution in [0, 0.1) is 11.8 Å². The summed E-state index contributed by atoms with van der Waals surface area (Å²) in [6, 6.07) is 6.73. The van der Waals surface area contributed by atoms with Crippen molar-refractivity contribution in [3.05, 3.63) is 41.6 Å². The molecule has 6 heteroatoms. The summed E-state index contributed by atoms with van der Waals surface area (Å²) in [5.74, 6) is 6.09. The number of aromatic hydroxyl groups is 1. The van der Waals surface area contributed by atoms with Crippen molar-refractivity contribution in [1.29, 1.82) is 0 Å². The Morgan fingerprint density at radius 1 is 1.38 bits per heavy atom. The highest BCUT2D eigenvalue weighted by atomic mass is 16.7. The molecule has 0 radical (unpaired) electrons. The first-order valence-corrected chi connectivity index (χ1v) is 7.71. The number of hydroxylamine groups is 1. The van der Waals surface area contributed by atoms with Gasteiger partial charge in [0.15, 0.2) is 5.60 Å². The summed E-state index contributed by atoms with van der Waals surface area (Å²) in [6.45, 7) is 6.35. The molecule has 1 amide bonds. The van der Waals surface area contributed by atoms with E-state index >= 15 is 0 Å². The van der Waals surface area contributed by atoms with E-state index in [2.05, 4.69) is 17.3 Å². The van der Waals surface area contributed by atoms with E-state index in [1.165, 1.54) is 0 Å². The molecule has 1 aromatic rings. The zero-order valence-electron chi connectivity index (χ0n) is 13.9. The van der Waals surface area contributed by atoms with Gasteiger partial charge in [0.25, 0.3) is 0 Å². The third-order valence-electron chi connectivity index (χ3n) is 3.53. The molecular weight excluding hydrogens is 308 g/mol. The van der Waals surface area contributed by atoms with Crippen molar-refractivity contribution in [1.82, 2.24) is 10.4 Å². The number of phenols is 1. The lowest BCUT2D eigenvalue weighted by Crippen LogP contribution is -2.63. The minimum atomic E-state index is -0.542. The number of benzene rings is 1. The number of hydrogen-bond acceptors (Lipinski definition) is 5. The maximum Gasteiger partial charge on any atom is 0.410 e. The number of likely N-dealkylation sites (tertiary alicyclic amines) is 1. The minimum Gasteiger partial charge on any atom is -0.508 e. The molecule has 2 aliphatic heterocycles. The van der Waals surface area contributed by atoms with E-state index in [4.69, 9.17) is 9.57 Å². The monoisotopic (exact) mass is 328 g/mol. The lowest BCUT2D eigenvalue weighted by Gasteiger charge is -2.44. The van der Waals surface area contributed by atoms with Crippen LogP contribution in [0.5, 0.6) is 5.75 Å². The summed E-state index contributed by atoms with van der Waals surface area (Å²) in [7, 11) is 0. The molecule has 126 valence electrons. The van der Waals surface area contributed by atoms with Crippen molar-refractivity contribution >= 4 is 6.09 Å². The van der Waals surface area contributed by atoms with Gasteiger partial charge in [0.05, 0.1) is 13.1 Å². The van der Waals surface area contributed by atoms with Gasteiger partial charge < -0.3 is 14.7 Å². The first-order valence-electron chi connectivity index (χ1n) is 7.71. The fraction of sp³-hybridized carbons (Fsp3) is 0.389. The zero-order valence-corrected chi connectivity index (χ0v) is 13.9. The largest absolute Gasteiger partial charge is 0.508 e. The lowest BCUT2D eigenvalue weighted by atomic mass is 9.94. The van der Waals surface area contributed by atoms with Crippen LogP contribution in [0.3, 0.4) is 0 Å². The SMILES string of the molecule is CC(C)(C)OC(=O)N1CC2(C=C(C#Cc3cccc(O)c3)NO2)C1. The molecule has 2 aliphatic rings. The summed E-state index contributed by atoms with van der Waals surface area (Å²) in [5, 5.41) is 9.43. The second-order valence-electron chi connectivity index (χ2n) is 6.96. The van der Waals surface area contributed by atoms with Crippen molar-refractivity contribution in [2.45, 2.75) is 32.0 Å². The molecule has 1 aromatic carbocycles. The molecule has 2 heterocycles. The highest BCUT2D eigenvalue weighted by Gasteiger charge is 2.49. The predicted molar refractivity (Wildman–Crippen MR) is 87.8 cm³/mol. The number of ether oxygens (including phenoxy) is 1. The van der Waals surface area contributed by atoms with Gasteiger partial charge in [0.1, 0.15) is 17.0 Å². The number of nitrogens with zero attached hydrogens (tertiary/aromatic N) is 1. The Balaban J connectivity index is 1.61. The molecule has 1 fully saturated rings. The Kier molecular flexibility index (Phi) is 3.90. The van der Waals surface area contributed by atoms with Crippen molar-refractivity contribution in [2.24, 2.45) is 0 Å². The average molecular weight is 328 g/mol. The fourth-order valence-electron chi connectivity index (χ4n) is 2.47. The van der Waals surface area contributed by atoms with Gasteiger partial charge in [-0.1, -0.05) is 12.0 Å². The Hall–Kier alpha value is -2.65. The highest BCUT2D eigenvalue weighted by molar-refractivity contribution is 5.70. The Bertz CT molecular complexity index is 746. The van der Waals surface area contributed by atoms with E-state index in [1.807, 2.05) is 32.9 Å². The molecular formula is C18H20N2O4. The molecule has 0 saturated carbocycles. The number of allylic oxidation sites excluding steroid dienone is 1. The highest BCUT2D eigenvalue weighted by Crippen LogP contribution is 2.31. The van der Waals surface area contributed by atoms with Crippen LogP contribution in [-0.2, 0) is 9.57 Å². The van der Waals surface area contributed by atoms with Gasteiger partial charge in [-0.3, -0.25) is 10.3 Å². The van der Waals surface area contributed by atoms with Crippen LogP contribution in [0.15, 0.2) is 36.0 Å². The normalized spacial score (nSPS) is 18.1. The molecule has 0 bridgehead atoms. The topological polar surface area (TPSA) is 71.0 Å². The van der Waals surface area contributed by atoms with Gasteiger partial charge in [-0.25, -0.2) is 4.79 Å². The first-order chi connectivity index (χ1) is 11.2. The quantitative estimate of drug-likeness (QED) is 0.714. The second kappa shape index (κ2) is 5.77. The summed E-state index contributed by atoms with van der Waals surface area (Å²) >= 11 is 0. The summed E-state index contributed by atoms with van der Waals surface area (Å²) in [5.41, 5.74) is 3.09. The maximum absolute atomic E-state index is 12.0. The standard InChI is InChI=1S/C18H20N2O4/c1-17(2,3)23-16(22)20-11-18(12-20)10-14(19-24-18)8-7-13-5-4-6-15(21)9-13/h4-6,9-10,19,21H,11-12H2,1-3H3. The number of carbonyl (C=O) groups excluding carboxylic acids is 1. The van der Waals surface area contributed by atoms with Crippen molar-refractivity contribution < 1.29 is 19.5 Å². The van der Waals surface area contributed by atoms with E-state index in [1.54, 1.807) is 23.1 Å². The molecule has 1 spiro atoms. The van der Waals surface area contributed by atoms with E-state index in [-0.39, 0.29) is 11.8 Å². The molecule has 0 atom stereocenters. The molecule has 24 heavy (non-hydrogen) atoms. The van der Waals surface area contributed by atoms with Crippen LogP contribution in [-0.4, -0.2) is 40.4 Å². The van der Waals surface area contributed by atoms with E-state index in [9.17, 15) is 9.90 Å². The zero-order chi connectivity index (χ0) is 17.4. The molecule has 3 rings (SSSR count). The number of nitrogens with one attached hydrogen (secondary N) is 1. The van der Waals surface area contributed by atoms with E-state index in [0.717, 1.165) is 0 Å². The summed E-state index contributed by atoms with van der Waals surface area (Å²) in [6.07, 6.45) is 1.54. The van der Waals surface area contributed by atoms with Gasteiger partial charge in [0.2, 0.25) is 0 Å². The molecule has 6 nitrogen and oxygen atoms in total. The maximum atomic E-state index is 12.0. The Labute approximate surface area is 141 Å². The third-order valence-corrected chi connectivity index (χ3v) is 3.53. The minimum absolute atomic E-state index is 0.176. The van der Waals surface area contributed by atoms with Gasteiger partial charge in [-0.05, 0) is 51.0 Å². The van der Waals surface area contributed by atoms with E-state index < -0.39 is 11.2 Å². The van der Waals surface area contributed by atoms with Crippen molar-refractivity contribution in [3.63, 3.8) is 0 Å². The second-order valence-corrected chi connectivity index (χ2v) is 6.96. The van der Waals surface area contributed by atoms with Gasteiger partial charge in [0, 0.05) is 5.56 Å². The smallest absolute Gasteiger partial charge is 0.410 e. The Morgan fingerprint density at radius 3 is 2.79 bits per heavy atom. The molecule has 1 saturated heterocycles. The number of rotatable bonds is 0. The molecule has 2 N–H and O–H groups in total. The fourth-order valence-corrected chi connectivity index (χ4v) is 2.47. The predicted octanol–water partition coefficient (Wildman–Crippen LogP) is 2.15. The van der Waals surface area contributed by atoms with Crippen molar-refractivity contribution in [2.75, 3.05) is 13.1 Å². The van der Waals surface area contributed by atoms with Gasteiger partial charge in [-0.2, -0.15) is 0 Å². The first kappa shape index (κ1) is 16.2. The lowest BCUT2D eigenvalue weighted by molar-refractivity contribution is -0.125. The molecule has 0 aliphatic carbocycles. The van der Waals surface area contributed by atoms with Crippen LogP contribution in [0.2, 0.25) is 0 Å². The third kappa shape index (κ3) is 3.63.